The number of sulfonamides is 1. The largest absolute Gasteiger partial charge is 0.377 e. The van der Waals surface area contributed by atoms with E-state index in [1.165, 1.54) is 39.9 Å². The topological polar surface area (TPSA) is 70.4 Å². The first kappa shape index (κ1) is 17.1. The van der Waals surface area contributed by atoms with Crippen molar-refractivity contribution >= 4 is 21.4 Å². The second-order valence-electron chi connectivity index (χ2n) is 5.65. The lowest BCUT2D eigenvalue weighted by Crippen LogP contribution is -2.36. The van der Waals surface area contributed by atoms with Gasteiger partial charge >= 0.3 is 0 Å². The van der Waals surface area contributed by atoms with Crippen LogP contribution in [0.1, 0.15) is 23.3 Å². The molecule has 1 aromatic carbocycles. The van der Waals surface area contributed by atoms with Gasteiger partial charge in [-0.2, -0.15) is 9.57 Å². The van der Waals surface area contributed by atoms with E-state index in [2.05, 4.69) is 0 Å². The van der Waals surface area contributed by atoms with Crippen molar-refractivity contribution in [1.29, 1.82) is 5.26 Å². The Morgan fingerprint density at radius 1 is 1.29 bits per heavy atom. The second kappa shape index (κ2) is 7.45. The zero-order chi connectivity index (χ0) is 17.0. The molecule has 5 nitrogen and oxygen atoms in total. The van der Waals surface area contributed by atoms with Gasteiger partial charge in [0.1, 0.15) is 0 Å². The van der Waals surface area contributed by atoms with Crippen LogP contribution in [0.2, 0.25) is 0 Å². The third-order valence-corrected chi connectivity index (χ3v) is 6.65. The van der Waals surface area contributed by atoms with E-state index in [-0.39, 0.29) is 11.0 Å². The van der Waals surface area contributed by atoms with Gasteiger partial charge in [0.25, 0.3) is 0 Å². The minimum atomic E-state index is -3.64. The summed E-state index contributed by atoms with van der Waals surface area (Å²) in [6.07, 6.45) is 1.79. The molecule has 0 radical (unpaired) electrons. The molecule has 0 bridgehead atoms. The predicted molar refractivity (Wildman–Crippen MR) is 92.0 cm³/mol. The van der Waals surface area contributed by atoms with E-state index in [0.717, 1.165) is 17.7 Å². The van der Waals surface area contributed by atoms with Crippen molar-refractivity contribution in [3.8, 4) is 6.07 Å². The Labute approximate surface area is 146 Å². The van der Waals surface area contributed by atoms with Crippen molar-refractivity contribution in [3.63, 3.8) is 0 Å². The van der Waals surface area contributed by atoms with Crippen molar-refractivity contribution in [2.75, 3.05) is 13.2 Å². The lowest BCUT2D eigenvalue weighted by atomic mass is 10.2. The summed E-state index contributed by atoms with van der Waals surface area (Å²) in [6, 6.07) is 11.9. The van der Waals surface area contributed by atoms with E-state index < -0.39 is 10.0 Å². The molecule has 1 aromatic heterocycles. The molecule has 1 aliphatic rings. The molecule has 3 rings (SSSR count). The van der Waals surface area contributed by atoms with Gasteiger partial charge in [-0.25, -0.2) is 8.42 Å². The van der Waals surface area contributed by atoms with Crippen molar-refractivity contribution in [3.05, 3.63) is 52.2 Å². The Balaban J connectivity index is 1.87. The first-order valence-electron chi connectivity index (χ1n) is 7.74. The number of hydrogen-bond donors (Lipinski definition) is 0. The summed E-state index contributed by atoms with van der Waals surface area (Å²) < 4.78 is 33.2. The average Bonchev–Trinajstić information content (AvgIpc) is 3.28. The SMILES string of the molecule is N#Cc1ccc(S(=O)(=O)N(Cc2cccs2)C[C@@H]2CCCO2)cc1. The Morgan fingerprint density at radius 2 is 2.08 bits per heavy atom. The third kappa shape index (κ3) is 3.84. The zero-order valence-corrected chi connectivity index (χ0v) is 14.7. The molecule has 1 fully saturated rings. The molecular formula is C17H18N2O3S2. The van der Waals surface area contributed by atoms with E-state index in [4.69, 9.17) is 10.00 Å². The fourth-order valence-electron chi connectivity index (χ4n) is 2.69. The van der Waals surface area contributed by atoms with Crippen molar-refractivity contribution < 1.29 is 13.2 Å². The molecule has 24 heavy (non-hydrogen) atoms. The molecule has 0 saturated carbocycles. The van der Waals surface area contributed by atoms with Crippen LogP contribution in [0.5, 0.6) is 0 Å². The molecular weight excluding hydrogens is 344 g/mol. The third-order valence-electron chi connectivity index (χ3n) is 3.96. The highest BCUT2D eigenvalue weighted by Gasteiger charge is 2.29. The van der Waals surface area contributed by atoms with Gasteiger partial charge in [-0.15, -0.1) is 11.3 Å². The van der Waals surface area contributed by atoms with Gasteiger partial charge in [-0.05, 0) is 48.6 Å². The summed E-state index contributed by atoms with van der Waals surface area (Å²) in [5.41, 5.74) is 0.442. The van der Waals surface area contributed by atoms with Crippen LogP contribution in [-0.2, 0) is 21.3 Å². The predicted octanol–water partition coefficient (Wildman–Crippen LogP) is 2.99. The monoisotopic (exact) mass is 362 g/mol. The molecule has 2 aromatic rings. The standard InChI is InChI=1S/C17H18N2O3S2/c18-11-14-5-7-17(8-6-14)24(20,21)19(12-15-3-1-9-22-15)13-16-4-2-10-23-16/h2,4-8,10,15H,1,3,9,12-13H2/t15-/m0/s1. The molecule has 0 N–H and O–H groups in total. The molecule has 1 atom stereocenters. The zero-order valence-electron chi connectivity index (χ0n) is 13.1. The summed E-state index contributed by atoms with van der Waals surface area (Å²) in [5.74, 6) is 0. The Bertz CT molecular complexity index is 803. The van der Waals surface area contributed by atoms with Crippen LogP contribution < -0.4 is 0 Å². The van der Waals surface area contributed by atoms with E-state index >= 15 is 0 Å². The average molecular weight is 362 g/mol. The van der Waals surface area contributed by atoms with Crippen LogP contribution >= 0.6 is 11.3 Å². The summed E-state index contributed by atoms with van der Waals surface area (Å²) in [6.45, 7) is 1.37. The Kier molecular flexibility index (Phi) is 5.31. The van der Waals surface area contributed by atoms with Gasteiger partial charge in [-0.3, -0.25) is 0 Å². The van der Waals surface area contributed by atoms with Crippen LogP contribution in [-0.4, -0.2) is 32.0 Å². The fraction of sp³-hybridized carbons (Fsp3) is 0.353. The van der Waals surface area contributed by atoms with E-state index in [1.54, 1.807) is 0 Å². The molecule has 7 heteroatoms. The quantitative estimate of drug-likeness (QED) is 0.792. The molecule has 0 amide bonds. The Hall–Kier alpha value is -1.72. The highest BCUT2D eigenvalue weighted by atomic mass is 32.2. The van der Waals surface area contributed by atoms with Gasteiger partial charge < -0.3 is 4.74 Å². The minimum absolute atomic E-state index is 0.0573. The number of hydrogen-bond acceptors (Lipinski definition) is 5. The number of nitriles is 1. The summed E-state index contributed by atoms with van der Waals surface area (Å²) in [7, 11) is -3.64. The van der Waals surface area contributed by atoms with Gasteiger partial charge in [0.2, 0.25) is 10.0 Å². The normalized spacial score (nSPS) is 17.9. The molecule has 2 heterocycles. The number of thiophene rings is 1. The number of benzene rings is 1. The lowest BCUT2D eigenvalue weighted by molar-refractivity contribution is 0.0927. The molecule has 0 spiro atoms. The van der Waals surface area contributed by atoms with Gasteiger partial charge in [0, 0.05) is 24.6 Å². The summed E-state index contributed by atoms with van der Waals surface area (Å²) >= 11 is 1.54. The maximum atomic E-state index is 13.0. The fourth-order valence-corrected chi connectivity index (χ4v) is 4.94. The maximum absolute atomic E-state index is 13.0. The van der Waals surface area contributed by atoms with Gasteiger partial charge in [0.15, 0.2) is 0 Å². The van der Waals surface area contributed by atoms with Crippen molar-refractivity contribution in [2.24, 2.45) is 0 Å². The van der Waals surface area contributed by atoms with Crippen molar-refractivity contribution in [1.82, 2.24) is 4.31 Å². The molecule has 1 saturated heterocycles. The number of nitrogens with zero attached hydrogens (tertiary/aromatic N) is 2. The number of rotatable bonds is 6. The highest BCUT2D eigenvalue weighted by molar-refractivity contribution is 7.89. The molecule has 0 aliphatic carbocycles. The summed E-state index contributed by atoms with van der Waals surface area (Å²) in [5, 5.41) is 10.8. The van der Waals surface area contributed by atoms with Crippen LogP contribution in [0.3, 0.4) is 0 Å². The van der Waals surface area contributed by atoms with E-state index in [0.29, 0.717) is 25.3 Å². The maximum Gasteiger partial charge on any atom is 0.243 e. The first-order chi connectivity index (χ1) is 11.6. The van der Waals surface area contributed by atoms with Crippen LogP contribution in [0.4, 0.5) is 0 Å². The molecule has 126 valence electrons. The van der Waals surface area contributed by atoms with E-state index in [9.17, 15) is 8.42 Å². The van der Waals surface area contributed by atoms with Crippen molar-refractivity contribution in [2.45, 2.75) is 30.4 Å². The second-order valence-corrected chi connectivity index (χ2v) is 8.62. The van der Waals surface area contributed by atoms with Crippen LogP contribution in [0.15, 0.2) is 46.7 Å². The molecule has 0 unspecified atom stereocenters. The molecule has 1 aliphatic heterocycles. The lowest BCUT2D eigenvalue weighted by Gasteiger charge is -2.24. The highest BCUT2D eigenvalue weighted by Crippen LogP contribution is 2.24. The minimum Gasteiger partial charge on any atom is -0.377 e. The first-order valence-corrected chi connectivity index (χ1v) is 10.1. The number of ether oxygens (including phenoxy) is 1. The van der Waals surface area contributed by atoms with Crippen LogP contribution in [0, 0.1) is 11.3 Å². The van der Waals surface area contributed by atoms with Crippen LogP contribution in [0.25, 0.3) is 0 Å². The Morgan fingerprint density at radius 3 is 2.67 bits per heavy atom. The van der Waals surface area contributed by atoms with Gasteiger partial charge in [0.05, 0.1) is 22.6 Å². The smallest absolute Gasteiger partial charge is 0.243 e. The van der Waals surface area contributed by atoms with E-state index in [1.807, 2.05) is 23.6 Å². The summed E-state index contributed by atoms with van der Waals surface area (Å²) in [4.78, 5) is 1.20. The van der Waals surface area contributed by atoms with Gasteiger partial charge in [-0.1, -0.05) is 6.07 Å².